The molecule has 0 bridgehead atoms. The number of nitrogens with zero attached hydrogens (tertiary/aromatic N) is 3. The van der Waals surface area contributed by atoms with E-state index in [4.69, 9.17) is 0 Å². The molecule has 2 heterocycles. The predicted molar refractivity (Wildman–Crippen MR) is 79.4 cm³/mol. The topological polar surface area (TPSA) is 66.5 Å². The summed E-state index contributed by atoms with van der Waals surface area (Å²) in [5.41, 5.74) is 2.80. The lowest BCUT2D eigenvalue weighted by Gasteiger charge is -2.19. The Morgan fingerprint density at radius 3 is 2.80 bits per heavy atom. The molecule has 0 spiro atoms. The summed E-state index contributed by atoms with van der Waals surface area (Å²) in [6.07, 6.45) is 5.33. The van der Waals surface area contributed by atoms with Gasteiger partial charge in [-0.1, -0.05) is 43.7 Å². The second-order valence-electron chi connectivity index (χ2n) is 4.72. The van der Waals surface area contributed by atoms with Crippen molar-refractivity contribution in [1.82, 2.24) is 19.9 Å². The van der Waals surface area contributed by atoms with Crippen molar-refractivity contribution in [2.24, 2.45) is 0 Å². The molecule has 0 fully saturated rings. The molecule has 0 aliphatic heterocycles. The van der Waals surface area contributed by atoms with Crippen LogP contribution in [0.15, 0.2) is 43.0 Å². The molecule has 5 nitrogen and oxygen atoms in total. The molecular weight excluding hydrogens is 250 g/mol. The van der Waals surface area contributed by atoms with E-state index in [2.05, 4.69) is 56.4 Å². The molecule has 3 rings (SSSR count). The van der Waals surface area contributed by atoms with E-state index in [0.717, 1.165) is 24.2 Å². The zero-order chi connectivity index (χ0) is 13.8. The molecule has 2 aromatic heterocycles. The van der Waals surface area contributed by atoms with Gasteiger partial charge in [-0.2, -0.15) is 0 Å². The quantitative estimate of drug-likeness (QED) is 0.744. The van der Waals surface area contributed by atoms with E-state index in [1.54, 1.807) is 12.7 Å². The fourth-order valence-electron chi connectivity index (χ4n) is 2.34. The van der Waals surface area contributed by atoms with Gasteiger partial charge in [-0.05, 0) is 12.0 Å². The van der Waals surface area contributed by atoms with E-state index in [0.29, 0.717) is 5.65 Å². The van der Waals surface area contributed by atoms with Gasteiger partial charge < -0.3 is 10.3 Å². The Labute approximate surface area is 117 Å². The zero-order valence-electron chi connectivity index (χ0n) is 11.4. The van der Waals surface area contributed by atoms with E-state index in [1.807, 2.05) is 6.07 Å². The highest BCUT2D eigenvalue weighted by atomic mass is 15.1. The lowest BCUT2D eigenvalue weighted by Crippen LogP contribution is -2.12. The minimum atomic E-state index is 0.239. The number of rotatable bonds is 5. The van der Waals surface area contributed by atoms with Crippen molar-refractivity contribution < 1.29 is 0 Å². The largest absolute Gasteiger partial charge is 0.361 e. The Kier molecular flexibility index (Phi) is 3.58. The van der Waals surface area contributed by atoms with Crippen molar-refractivity contribution in [3.8, 4) is 0 Å². The van der Waals surface area contributed by atoms with Gasteiger partial charge in [0.15, 0.2) is 11.5 Å². The summed E-state index contributed by atoms with van der Waals surface area (Å²) in [5, 5.41) is 3.50. The average molecular weight is 267 g/mol. The van der Waals surface area contributed by atoms with Crippen molar-refractivity contribution in [1.29, 1.82) is 0 Å². The molecule has 0 amide bonds. The number of H-pyrrole nitrogens is 1. The number of hydrogen-bond acceptors (Lipinski definition) is 4. The summed E-state index contributed by atoms with van der Waals surface area (Å²) in [7, 11) is 0. The molecule has 1 unspecified atom stereocenters. The minimum absolute atomic E-state index is 0.239. The molecule has 20 heavy (non-hydrogen) atoms. The van der Waals surface area contributed by atoms with Crippen LogP contribution in [0.4, 0.5) is 5.82 Å². The maximum absolute atomic E-state index is 4.33. The number of aromatic amines is 1. The molecule has 5 heteroatoms. The normalized spacial score (nSPS) is 12.4. The van der Waals surface area contributed by atoms with Crippen LogP contribution in [0.3, 0.4) is 0 Å². The van der Waals surface area contributed by atoms with Gasteiger partial charge >= 0.3 is 0 Å². The van der Waals surface area contributed by atoms with Crippen LogP contribution in [0.1, 0.15) is 31.4 Å². The van der Waals surface area contributed by atoms with Crippen molar-refractivity contribution >= 4 is 17.0 Å². The minimum Gasteiger partial charge on any atom is -0.361 e. The second-order valence-corrected chi connectivity index (χ2v) is 4.72. The molecule has 3 aromatic rings. The molecule has 1 aromatic carbocycles. The first-order valence-corrected chi connectivity index (χ1v) is 6.84. The van der Waals surface area contributed by atoms with E-state index < -0.39 is 0 Å². The number of nitrogens with one attached hydrogen (secondary N) is 2. The monoisotopic (exact) mass is 267 g/mol. The molecule has 0 aliphatic rings. The third-order valence-electron chi connectivity index (χ3n) is 3.31. The summed E-state index contributed by atoms with van der Waals surface area (Å²) in [4.78, 5) is 15.7. The number of hydrogen-bond donors (Lipinski definition) is 2. The van der Waals surface area contributed by atoms with Gasteiger partial charge in [0.25, 0.3) is 0 Å². The number of anilines is 1. The maximum atomic E-state index is 4.33. The average Bonchev–Trinajstić information content (AvgIpc) is 2.97. The van der Waals surface area contributed by atoms with Crippen LogP contribution < -0.4 is 5.32 Å². The first-order valence-electron chi connectivity index (χ1n) is 6.84. The van der Waals surface area contributed by atoms with Gasteiger partial charge in [-0.15, -0.1) is 0 Å². The number of benzene rings is 1. The molecule has 0 saturated heterocycles. The van der Waals surface area contributed by atoms with Crippen LogP contribution in [0.5, 0.6) is 0 Å². The van der Waals surface area contributed by atoms with Crippen LogP contribution in [0.25, 0.3) is 11.2 Å². The lowest BCUT2D eigenvalue weighted by molar-refractivity contribution is 0.675. The summed E-state index contributed by atoms with van der Waals surface area (Å²) >= 11 is 0. The van der Waals surface area contributed by atoms with Gasteiger partial charge in [-0.25, -0.2) is 15.0 Å². The molecular formula is C15H17N5. The SMILES string of the molecule is CCCC(Nc1ncnc2nc[nH]c12)c1ccccc1. The van der Waals surface area contributed by atoms with Crippen LogP contribution in [0.2, 0.25) is 0 Å². The van der Waals surface area contributed by atoms with E-state index >= 15 is 0 Å². The Hall–Kier alpha value is -2.43. The summed E-state index contributed by atoms with van der Waals surface area (Å²) in [5.74, 6) is 0.801. The van der Waals surface area contributed by atoms with Crippen LogP contribution >= 0.6 is 0 Å². The van der Waals surface area contributed by atoms with Crippen LogP contribution in [-0.4, -0.2) is 19.9 Å². The number of aromatic nitrogens is 4. The molecule has 102 valence electrons. The third kappa shape index (κ3) is 2.47. The standard InChI is InChI=1S/C15H17N5/c1-2-6-12(11-7-4-3-5-8-11)20-15-13-14(17-9-16-13)18-10-19-15/h3-5,7-10,12H,2,6H2,1H3,(H2,16,17,18,19,20). The highest BCUT2D eigenvalue weighted by Crippen LogP contribution is 2.25. The number of imidazole rings is 1. The van der Waals surface area contributed by atoms with Gasteiger partial charge in [0.1, 0.15) is 11.8 Å². The molecule has 1 atom stereocenters. The van der Waals surface area contributed by atoms with Gasteiger partial charge in [0, 0.05) is 0 Å². The van der Waals surface area contributed by atoms with Gasteiger partial charge in [0.05, 0.1) is 12.4 Å². The Morgan fingerprint density at radius 1 is 1.15 bits per heavy atom. The first-order chi connectivity index (χ1) is 9.88. The summed E-state index contributed by atoms with van der Waals surface area (Å²) < 4.78 is 0. The molecule has 0 saturated carbocycles. The van der Waals surface area contributed by atoms with Crippen molar-refractivity contribution in [3.05, 3.63) is 48.5 Å². The van der Waals surface area contributed by atoms with E-state index in [-0.39, 0.29) is 6.04 Å². The zero-order valence-corrected chi connectivity index (χ0v) is 11.4. The van der Waals surface area contributed by atoms with Crippen molar-refractivity contribution in [2.75, 3.05) is 5.32 Å². The van der Waals surface area contributed by atoms with E-state index in [1.165, 1.54) is 5.56 Å². The highest BCUT2D eigenvalue weighted by molar-refractivity contribution is 5.82. The van der Waals surface area contributed by atoms with Gasteiger partial charge in [-0.3, -0.25) is 0 Å². The Balaban J connectivity index is 1.92. The van der Waals surface area contributed by atoms with Crippen LogP contribution in [-0.2, 0) is 0 Å². The van der Waals surface area contributed by atoms with E-state index in [9.17, 15) is 0 Å². The first kappa shape index (κ1) is 12.6. The summed E-state index contributed by atoms with van der Waals surface area (Å²) in [6.45, 7) is 2.18. The predicted octanol–water partition coefficient (Wildman–Crippen LogP) is 3.31. The lowest BCUT2D eigenvalue weighted by atomic mass is 10.0. The molecule has 0 aliphatic carbocycles. The summed E-state index contributed by atoms with van der Waals surface area (Å²) in [6, 6.07) is 10.7. The second kappa shape index (κ2) is 5.69. The molecule has 2 N–H and O–H groups in total. The fourth-order valence-corrected chi connectivity index (χ4v) is 2.34. The van der Waals surface area contributed by atoms with Crippen LogP contribution in [0, 0.1) is 0 Å². The smallest absolute Gasteiger partial charge is 0.182 e. The van der Waals surface area contributed by atoms with Crippen molar-refractivity contribution in [3.63, 3.8) is 0 Å². The maximum Gasteiger partial charge on any atom is 0.182 e. The van der Waals surface area contributed by atoms with Crippen molar-refractivity contribution in [2.45, 2.75) is 25.8 Å². The Bertz CT molecular complexity index is 677. The molecule has 0 radical (unpaired) electrons. The highest BCUT2D eigenvalue weighted by Gasteiger charge is 2.13. The number of fused-ring (bicyclic) bond motifs is 1. The fraction of sp³-hybridized carbons (Fsp3) is 0.267. The van der Waals surface area contributed by atoms with Gasteiger partial charge in [0.2, 0.25) is 0 Å². The third-order valence-corrected chi connectivity index (χ3v) is 3.31. The Morgan fingerprint density at radius 2 is 2.00 bits per heavy atom.